The van der Waals surface area contributed by atoms with Crippen molar-refractivity contribution in [2.45, 2.75) is 19.8 Å². The molecular formula is C10H10F2O. The van der Waals surface area contributed by atoms with Crippen molar-refractivity contribution < 1.29 is 13.6 Å². The van der Waals surface area contributed by atoms with Gasteiger partial charge >= 0.3 is 0 Å². The fourth-order valence-electron chi connectivity index (χ4n) is 1.14. The lowest BCUT2D eigenvalue weighted by Crippen LogP contribution is -1.93. The summed E-state index contributed by atoms with van der Waals surface area (Å²) in [5.74, 6) is 0. The van der Waals surface area contributed by atoms with Gasteiger partial charge in [-0.25, -0.2) is 8.78 Å². The van der Waals surface area contributed by atoms with E-state index in [2.05, 4.69) is 0 Å². The predicted molar refractivity (Wildman–Crippen MR) is 45.9 cm³/mol. The number of alkyl halides is 2. The minimum absolute atomic E-state index is 0.0255. The third-order valence-electron chi connectivity index (χ3n) is 1.93. The molecule has 0 heterocycles. The molecular weight excluding hydrogens is 174 g/mol. The Hall–Kier alpha value is -1.25. The molecule has 0 saturated heterocycles. The van der Waals surface area contributed by atoms with E-state index in [1.54, 1.807) is 13.0 Å². The van der Waals surface area contributed by atoms with Crippen molar-refractivity contribution in [1.82, 2.24) is 0 Å². The lowest BCUT2D eigenvalue weighted by Gasteiger charge is -2.05. The zero-order valence-electron chi connectivity index (χ0n) is 7.26. The first-order valence-corrected chi connectivity index (χ1v) is 3.96. The van der Waals surface area contributed by atoms with Crippen LogP contribution in [0.4, 0.5) is 8.78 Å². The van der Waals surface area contributed by atoms with Gasteiger partial charge in [0.1, 0.15) is 6.29 Å². The summed E-state index contributed by atoms with van der Waals surface area (Å²) in [5.41, 5.74) is 1.52. The maximum absolute atomic E-state index is 12.2. The quantitative estimate of drug-likeness (QED) is 0.660. The third-order valence-corrected chi connectivity index (χ3v) is 1.93. The average molecular weight is 184 g/mol. The molecule has 0 aliphatic carbocycles. The second kappa shape index (κ2) is 4.12. The summed E-state index contributed by atoms with van der Waals surface area (Å²) in [4.78, 5) is 10.2. The maximum atomic E-state index is 12.2. The number of carbonyl (C=O) groups excluding carboxylic acids is 1. The van der Waals surface area contributed by atoms with Crippen molar-refractivity contribution in [3.8, 4) is 0 Å². The van der Waals surface area contributed by atoms with E-state index in [4.69, 9.17) is 0 Å². The minimum atomic E-state index is -2.47. The second-order valence-corrected chi connectivity index (χ2v) is 2.86. The minimum Gasteiger partial charge on any atom is -0.303 e. The molecule has 1 nitrogen and oxygen atoms in total. The van der Waals surface area contributed by atoms with Crippen LogP contribution in [0.25, 0.3) is 0 Å². The number of rotatable bonds is 3. The van der Waals surface area contributed by atoms with Crippen molar-refractivity contribution in [3.05, 3.63) is 34.9 Å². The highest BCUT2D eigenvalue weighted by molar-refractivity contribution is 5.56. The van der Waals surface area contributed by atoms with Crippen molar-refractivity contribution in [2.75, 3.05) is 0 Å². The Morgan fingerprint density at radius 2 is 2.15 bits per heavy atom. The fraction of sp³-hybridized carbons (Fsp3) is 0.300. The SMILES string of the molecule is Cc1ccc(C(F)F)cc1CC=O. The van der Waals surface area contributed by atoms with Crippen molar-refractivity contribution in [1.29, 1.82) is 0 Å². The Labute approximate surface area is 75.4 Å². The first-order valence-electron chi connectivity index (χ1n) is 3.96. The Bertz CT molecular complexity index is 308. The molecule has 0 unspecified atom stereocenters. The van der Waals surface area contributed by atoms with E-state index in [1.807, 2.05) is 0 Å². The predicted octanol–water partition coefficient (Wildman–Crippen LogP) is 2.67. The molecule has 0 bridgehead atoms. The van der Waals surface area contributed by atoms with Crippen LogP contribution >= 0.6 is 0 Å². The van der Waals surface area contributed by atoms with Gasteiger partial charge < -0.3 is 4.79 Å². The number of hydrogen-bond donors (Lipinski definition) is 0. The lowest BCUT2D eigenvalue weighted by atomic mass is 10.0. The van der Waals surface area contributed by atoms with E-state index < -0.39 is 6.43 Å². The summed E-state index contributed by atoms with van der Waals surface area (Å²) in [6, 6.07) is 4.38. The van der Waals surface area contributed by atoms with Crippen LogP contribution in [0.2, 0.25) is 0 Å². The van der Waals surface area contributed by atoms with Crippen LogP contribution in [0.3, 0.4) is 0 Å². The summed E-state index contributed by atoms with van der Waals surface area (Å²) in [6.45, 7) is 1.80. The molecule has 0 aliphatic heterocycles. The monoisotopic (exact) mass is 184 g/mol. The van der Waals surface area contributed by atoms with Gasteiger partial charge in [0.05, 0.1) is 0 Å². The Kier molecular flexibility index (Phi) is 3.12. The van der Waals surface area contributed by atoms with Gasteiger partial charge in [-0.05, 0) is 24.1 Å². The lowest BCUT2D eigenvalue weighted by molar-refractivity contribution is -0.107. The van der Waals surface area contributed by atoms with E-state index in [9.17, 15) is 13.6 Å². The maximum Gasteiger partial charge on any atom is 0.263 e. The highest BCUT2D eigenvalue weighted by Gasteiger charge is 2.08. The Morgan fingerprint density at radius 3 is 2.69 bits per heavy atom. The molecule has 1 aromatic rings. The molecule has 3 heteroatoms. The van der Waals surface area contributed by atoms with Gasteiger partial charge in [0.25, 0.3) is 6.43 Å². The molecule has 13 heavy (non-hydrogen) atoms. The largest absolute Gasteiger partial charge is 0.303 e. The van der Waals surface area contributed by atoms with Crippen LogP contribution in [0, 0.1) is 6.92 Å². The first kappa shape index (κ1) is 9.84. The molecule has 0 spiro atoms. The van der Waals surface area contributed by atoms with Crippen LogP contribution < -0.4 is 0 Å². The van der Waals surface area contributed by atoms with E-state index >= 15 is 0 Å². The van der Waals surface area contributed by atoms with Gasteiger partial charge in [0, 0.05) is 12.0 Å². The zero-order valence-corrected chi connectivity index (χ0v) is 7.26. The van der Waals surface area contributed by atoms with Crippen LogP contribution in [0.15, 0.2) is 18.2 Å². The molecule has 1 aromatic carbocycles. The molecule has 0 fully saturated rings. The van der Waals surface area contributed by atoms with Gasteiger partial charge in [-0.15, -0.1) is 0 Å². The summed E-state index contributed by atoms with van der Waals surface area (Å²) in [5, 5.41) is 0. The Balaban J connectivity index is 3.03. The molecule has 1 rings (SSSR count). The molecule has 0 N–H and O–H groups in total. The third kappa shape index (κ3) is 2.34. The van der Waals surface area contributed by atoms with Crippen molar-refractivity contribution in [3.63, 3.8) is 0 Å². The topological polar surface area (TPSA) is 17.1 Å². The number of aryl methyl sites for hydroxylation is 1. The number of aldehydes is 1. The normalized spacial score (nSPS) is 10.5. The number of halogens is 2. The molecule has 70 valence electrons. The summed E-state index contributed by atoms with van der Waals surface area (Å²) in [7, 11) is 0. The smallest absolute Gasteiger partial charge is 0.263 e. The fourth-order valence-corrected chi connectivity index (χ4v) is 1.14. The molecule has 0 amide bonds. The standard InChI is InChI=1S/C10H10F2O/c1-7-2-3-9(10(11)12)6-8(7)4-5-13/h2-3,5-6,10H,4H2,1H3. The number of hydrogen-bond acceptors (Lipinski definition) is 1. The van der Waals surface area contributed by atoms with E-state index in [-0.39, 0.29) is 12.0 Å². The van der Waals surface area contributed by atoms with Crippen molar-refractivity contribution >= 4 is 6.29 Å². The van der Waals surface area contributed by atoms with Gasteiger partial charge in [0.15, 0.2) is 0 Å². The highest BCUT2D eigenvalue weighted by atomic mass is 19.3. The van der Waals surface area contributed by atoms with Crippen LogP contribution in [-0.4, -0.2) is 6.29 Å². The molecule has 0 aromatic heterocycles. The van der Waals surface area contributed by atoms with Gasteiger partial charge in [-0.1, -0.05) is 12.1 Å². The highest BCUT2D eigenvalue weighted by Crippen LogP contribution is 2.21. The van der Waals surface area contributed by atoms with Crippen LogP contribution in [0.1, 0.15) is 23.1 Å². The first-order chi connectivity index (χ1) is 6.15. The summed E-state index contributed by atoms with van der Waals surface area (Å²) < 4.78 is 24.5. The van der Waals surface area contributed by atoms with Gasteiger partial charge in [-0.2, -0.15) is 0 Å². The molecule has 0 aliphatic rings. The van der Waals surface area contributed by atoms with Crippen molar-refractivity contribution in [2.24, 2.45) is 0 Å². The molecule has 0 radical (unpaired) electrons. The number of benzene rings is 1. The number of carbonyl (C=O) groups is 1. The summed E-state index contributed by atoms with van der Waals surface area (Å²) >= 11 is 0. The molecule has 0 saturated carbocycles. The van der Waals surface area contributed by atoms with Crippen LogP contribution in [0.5, 0.6) is 0 Å². The summed E-state index contributed by atoms with van der Waals surface area (Å²) in [6.07, 6.45) is -1.55. The van der Waals surface area contributed by atoms with E-state index in [0.717, 1.165) is 11.8 Å². The Morgan fingerprint density at radius 1 is 1.46 bits per heavy atom. The zero-order chi connectivity index (χ0) is 9.84. The average Bonchev–Trinajstić information content (AvgIpc) is 2.08. The van der Waals surface area contributed by atoms with Gasteiger partial charge in [-0.3, -0.25) is 0 Å². The van der Waals surface area contributed by atoms with E-state index in [1.165, 1.54) is 12.1 Å². The van der Waals surface area contributed by atoms with E-state index in [0.29, 0.717) is 5.56 Å². The van der Waals surface area contributed by atoms with Gasteiger partial charge in [0.2, 0.25) is 0 Å². The second-order valence-electron chi connectivity index (χ2n) is 2.86. The van der Waals surface area contributed by atoms with Crippen LogP contribution in [-0.2, 0) is 11.2 Å². The molecule has 0 atom stereocenters.